The average molecular weight is 141 g/mol. The van der Waals surface area contributed by atoms with E-state index in [1.807, 2.05) is 19.9 Å². The van der Waals surface area contributed by atoms with E-state index < -0.39 is 0 Å². The molecule has 0 aromatic carbocycles. The minimum Gasteiger partial charge on any atom is -0.355 e. The Morgan fingerprint density at radius 1 is 1.50 bits per heavy atom. The number of carbonyl (C=O) groups is 1. The summed E-state index contributed by atoms with van der Waals surface area (Å²) in [5, 5.41) is 2.59. The van der Waals surface area contributed by atoms with E-state index in [0.29, 0.717) is 0 Å². The normalized spacial score (nSPS) is 11.3. The quantitative estimate of drug-likeness (QED) is 0.592. The molecule has 0 saturated heterocycles. The Hall–Kier alpha value is -0.790. The molecule has 0 radical (unpaired) electrons. The van der Waals surface area contributed by atoms with Gasteiger partial charge in [-0.15, -0.1) is 0 Å². The van der Waals surface area contributed by atoms with Crippen LogP contribution in [-0.2, 0) is 4.79 Å². The van der Waals surface area contributed by atoms with E-state index in [9.17, 15) is 4.79 Å². The third-order valence-corrected chi connectivity index (χ3v) is 1.35. The molecule has 0 aliphatic heterocycles. The van der Waals surface area contributed by atoms with Crippen molar-refractivity contribution in [3.05, 3.63) is 11.6 Å². The van der Waals surface area contributed by atoms with Crippen molar-refractivity contribution in [2.45, 2.75) is 26.7 Å². The van der Waals surface area contributed by atoms with Crippen molar-refractivity contribution in [2.75, 3.05) is 7.05 Å². The molecule has 1 N–H and O–H groups in total. The zero-order valence-electron chi connectivity index (χ0n) is 6.90. The molecule has 10 heavy (non-hydrogen) atoms. The van der Waals surface area contributed by atoms with Crippen LogP contribution in [-0.4, -0.2) is 13.0 Å². The van der Waals surface area contributed by atoms with E-state index in [0.717, 1.165) is 18.4 Å². The maximum absolute atomic E-state index is 11.0. The Balaban J connectivity index is 4.06. The lowest BCUT2D eigenvalue weighted by atomic mass is 10.1. The van der Waals surface area contributed by atoms with Crippen LogP contribution in [0, 0.1) is 0 Å². The van der Waals surface area contributed by atoms with Crippen LogP contribution < -0.4 is 5.32 Å². The third kappa shape index (κ3) is 2.67. The summed E-state index contributed by atoms with van der Waals surface area (Å²) in [6.45, 7) is 4.01. The van der Waals surface area contributed by atoms with Gasteiger partial charge in [-0.3, -0.25) is 4.79 Å². The first-order valence-electron chi connectivity index (χ1n) is 3.67. The fraction of sp³-hybridized carbons (Fsp3) is 0.625. The molecule has 0 aromatic heterocycles. The van der Waals surface area contributed by atoms with Crippen LogP contribution >= 0.6 is 0 Å². The number of rotatable bonds is 3. The molecule has 0 aliphatic carbocycles. The summed E-state index contributed by atoms with van der Waals surface area (Å²) in [6.07, 6.45) is 3.70. The molecule has 1 amide bonds. The van der Waals surface area contributed by atoms with Crippen molar-refractivity contribution < 1.29 is 4.79 Å². The van der Waals surface area contributed by atoms with Crippen molar-refractivity contribution in [1.82, 2.24) is 5.32 Å². The Kier molecular flexibility index (Phi) is 4.63. The predicted octanol–water partition coefficient (Wildman–Crippen LogP) is 1.48. The molecule has 0 heterocycles. The van der Waals surface area contributed by atoms with Crippen molar-refractivity contribution in [1.29, 1.82) is 0 Å². The summed E-state index contributed by atoms with van der Waals surface area (Å²) in [6, 6.07) is 0. The van der Waals surface area contributed by atoms with E-state index in [1.165, 1.54) is 0 Å². The van der Waals surface area contributed by atoms with E-state index >= 15 is 0 Å². The van der Waals surface area contributed by atoms with Gasteiger partial charge in [-0.05, 0) is 12.8 Å². The molecule has 2 heteroatoms. The maximum Gasteiger partial charge on any atom is 0.246 e. The van der Waals surface area contributed by atoms with Gasteiger partial charge in [0.2, 0.25) is 5.91 Å². The van der Waals surface area contributed by atoms with Crippen LogP contribution in [0.25, 0.3) is 0 Å². The molecule has 0 unspecified atom stereocenters. The number of likely N-dealkylation sites (N-methyl/N-ethyl adjacent to an activating group) is 1. The van der Waals surface area contributed by atoms with Crippen LogP contribution in [0.5, 0.6) is 0 Å². The minimum absolute atomic E-state index is 0.0457. The van der Waals surface area contributed by atoms with Gasteiger partial charge in [-0.2, -0.15) is 0 Å². The highest BCUT2D eigenvalue weighted by atomic mass is 16.1. The summed E-state index contributed by atoms with van der Waals surface area (Å²) < 4.78 is 0. The minimum atomic E-state index is 0.0457. The standard InChI is InChI=1S/C8H15NO/c1-4-6-7(5-2)8(10)9-3/h6H,4-5H2,1-3H3,(H,9,10). The molecule has 2 nitrogen and oxygen atoms in total. The van der Waals surface area contributed by atoms with Gasteiger partial charge in [-0.1, -0.05) is 19.9 Å². The number of allylic oxidation sites excluding steroid dienone is 1. The lowest BCUT2D eigenvalue weighted by molar-refractivity contribution is -0.117. The second kappa shape index (κ2) is 5.03. The first-order chi connectivity index (χ1) is 4.76. The summed E-state index contributed by atoms with van der Waals surface area (Å²) in [4.78, 5) is 11.0. The van der Waals surface area contributed by atoms with Crippen molar-refractivity contribution >= 4 is 5.91 Å². The molecule has 0 saturated carbocycles. The molecule has 0 aliphatic rings. The zero-order chi connectivity index (χ0) is 7.98. The largest absolute Gasteiger partial charge is 0.355 e. The fourth-order valence-electron chi connectivity index (χ4n) is 0.805. The molecule has 0 aromatic rings. The first kappa shape index (κ1) is 9.21. The lowest BCUT2D eigenvalue weighted by Crippen LogP contribution is -2.19. The van der Waals surface area contributed by atoms with Gasteiger partial charge in [-0.25, -0.2) is 0 Å². The molecule has 0 fully saturated rings. The van der Waals surface area contributed by atoms with Gasteiger partial charge in [0.05, 0.1) is 0 Å². The van der Waals surface area contributed by atoms with E-state index in [2.05, 4.69) is 5.32 Å². The fourth-order valence-corrected chi connectivity index (χ4v) is 0.805. The average Bonchev–Trinajstić information content (AvgIpc) is 1.99. The zero-order valence-corrected chi connectivity index (χ0v) is 6.90. The van der Waals surface area contributed by atoms with Crippen LogP contribution in [0.1, 0.15) is 26.7 Å². The number of hydrogen-bond donors (Lipinski definition) is 1. The topological polar surface area (TPSA) is 29.1 Å². The second-order valence-corrected chi connectivity index (χ2v) is 2.07. The highest BCUT2D eigenvalue weighted by Crippen LogP contribution is 2.00. The molecular formula is C8H15NO. The van der Waals surface area contributed by atoms with E-state index in [-0.39, 0.29) is 5.91 Å². The van der Waals surface area contributed by atoms with Gasteiger partial charge in [0, 0.05) is 12.6 Å². The first-order valence-corrected chi connectivity index (χ1v) is 3.67. The Bertz CT molecular complexity index is 138. The van der Waals surface area contributed by atoms with Crippen LogP contribution in [0.15, 0.2) is 11.6 Å². The second-order valence-electron chi connectivity index (χ2n) is 2.07. The van der Waals surface area contributed by atoms with Crippen molar-refractivity contribution in [2.24, 2.45) is 0 Å². The highest BCUT2D eigenvalue weighted by Gasteiger charge is 2.01. The predicted molar refractivity (Wildman–Crippen MR) is 42.7 cm³/mol. The van der Waals surface area contributed by atoms with Gasteiger partial charge in [0.25, 0.3) is 0 Å². The summed E-state index contributed by atoms with van der Waals surface area (Å²) in [7, 11) is 1.65. The number of hydrogen-bond acceptors (Lipinski definition) is 1. The molecule has 0 atom stereocenters. The van der Waals surface area contributed by atoms with Crippen LogP contribution in [0.2, 0.25) is 0 Å². The highest BCUT2D eigenvalue weighted by molar-refractivity contribution is 5.92. The molecule has 0 bridgehead atoms. The van der Waals surface area contributed by atoms with Gasteiger partial charge in [0.15, 0.2) is 0 Å². The van der Waals surface area contributed by atoms with Gasteiger partial charge >= 0.3 is 0 Å². The SMILES string of the molecule is CCC=C(CC)C(=O)NC. The lowest BCUT2D eigenvalue weighted by Gasteiger charge is -2.00. The Morgan fingerprint density at radius 2 is 2.10 bits per heavy atom. The Labute approximate surface area is 62.3 Å². The number of nitrogens with one attached hydrogen (secondary N) is 1. The van der Waals surface area contributed by atoms with Crippen molar-refractivity contribution in [3.63, 3.8) is 0 Å². The maximum atomic E-state index is 11.0. The van der Waals surface area contributed by atoms with Gasteiger partial charge < -0.3 is 5.32 Å². The molecule has 0 spiro atoms. The van der Waals surface area contributed by atoms with E-state index in [1.54, 1.807) is 7.05 Å². The van der Waals surface area contributed by atoms with Gasteiger partial charge in [0.1, 0.15) is 0 Å². The number of carbonyl (C=O) groups excluding carboxylic acids is 1. The molecule has 58 valence electrons. The number of amides is 1. The monoisotopic (exact) mass is 141 g/mol. The van der Waals surface area contributed by atoms with Crippen LogP contribution in [0.3, 0.4) is 0 Å². The molecule has 0 rings (SSSR count). The van der Waals surface area contributed by atoms with E-state index in [4.69, 9.17) is 0 Å². The summed E-state index contributed by atoms with van der Waals surface area (Å²) in [5.74, 6) is 0.0457. The Morgan fingerprint density at radius 3 is 2.40 bits per heavy atom. The summed E-state index contributed by atoms with van der Waals surface area (Å²) >= 11 is 0. The third-order valence-electron chi connectivity index (χ3n) is 1.35. The molecular weight excluding hydrogens is 126 g/mol. The summed E-state index contributed by atoms with van der Waals surface area (Å²) in [5.41, 5.74) is 0.880. The van der Waals surface area contributed by atoms with Crippen molar-refractivity contribution in [3.8, 4) is 0 Å². The smallest absolute Gasteiger partial charge is 0.246 e. The van der Waals surface area contributed by atoms with Crippen LogP contribution in [0.4, 0.5) is 0 Å².